The van der Waals surface area contributed by atoms with Crippen LogP contribution in [0.15, 0.2) is 18.2 Å². The van der Waals surface area contributed by atoms with E-state index in [4.69, 9.17) is 18.0 Å². The molecule has 0 spiro atoms. The predicted molar refractivity (Wildman–Crippen MR) is 67.3 cm³/mol. The van der Waals surface area contributed by atoms with Crippen molar-refractivity contribution in [1.82, 2.24) is 10.3 Å². The van der Waals surface area contributed by atoms with Crippen molar-refractivity contribution < 1.29 is 4.79 Å². The second-order valence-corrected chi connectivity index (χ2v) is 3.56. The first kappa shape index (κ1) is 12.4. The highest BCUT2D eigenvalue weighted by Crippen LogP contribution is 2.04. The maximum Gasteiger partial charge on any atom is 0.221 e. The van der Waals surface area contributed by atoms with E-state index in [1.165, 1.54) is 0 Å². The van der Waals surface area contributed by atoms with E-state index in [0.717, 1.165) is 0 Å². The summed E-state index contributed by atoms with van der Waals surface area (Å²) in [5, 5.41) is 5.56. The Kier molecular flexibility index (Phi) is 4.65. The summed E-state index contributed by atoms with van der Waals surface area (Å²) in [5.41, 5.74) is 6.03. The van der Waals surface area contributed by atoms with Crippen molar-refractivity contribution >= 4 is 28.9 Å². The lowest BCUT2D eigenvalue weighted by atomic mass is 10.3. The lowest BCUT2D eigenvalue weighted by molar-refractivity contribution is -0.120. The van der Waals surface area contributed by atoms with Crippen LogP contribution >= 0.6 is 12.2 Å². The number of nitrogens with zero attached hydrogens (tertiary/aromatic N) is 1. The van der Waals surface area contributed by atoms with Gasteiger partial charge in [-0.3, -0.25) is 4.79 Å². The second kappa shape index (κ2) is 6.02. The van der Waals surface area contributed by atoms with E-state index < -0.39 is 0 Å². The molecule has 0 radical (unpaired) electrons. The Morgan fingerprint density at radius 1 is 1.56 bits per heavy atom. The van der Waals surface area contributed by atoms with Crippen molar-refractivity contribution in [2.75, 3.05) is 18.9 Å². The summed E-state index contributed by atoms with van der Waals surface area (Å²) in [7, 11) is 1.61. The third-order valence-corrected chi connectivity index (χ3v) is 2.15. The van der Waals surface area contributed by atoms with Crippen LogP contribution in [0.1, 0.15) is 12.1 Å². The fourth-order valence-electron chi connectivity index (χ4n) is 1.10. The molecule has 0 aromatic carbocycles. The average molecular weight is 238 g/mol. The lowest BCUT2D eigenvalue weighted by Crippen LogP contribution is -2.21. The number of nitrogens with one attached hydrogen (secondary N) is 2. The predicted octanol–water partition coefficient (Wildman–Crippen LogP) is 0.264. The summed E-state index contributed by atoms with van der Waals surface area (Å²) >= 11 is 4.82. The highest BCUT2D eigenvalue weighted by molar-refractivity contribution is 7.80. The molecule has 0 unspecified atom stereocenters. The highest BCUT2D eigenvalue weighted by Gasteiger charge is 2.01. The Morgan fingerprint density at radius 3 is 2.94 bits per heavy atom. The van der Waals surface area contributed by atoms with Gasteiger partial charge in [-0.15, -0.1) is 0 Å². The van der Waals surface area contributed by atoms with Crippen molar-refractivity contribution in [2.24, 2.45) is 5.73 Å². The van der Waals surface area contributed by atoms with Gasteiger partial charge < -0.3 is 16.4 Å². The van der Waals surface area contributed by atoms with Gasteiger partial charge in [0.15, 0.2) is 0 Å². The third kappa shape index (κ3) is 3.82. The number of carbonyl (C=O) groups is 1. The molecular weight excluding hydrogens is 224 g/mol. The lowest BCUT2D eigenvalue weighted by Gasteiger charge is -2.06. The highest BCUT2D eigenvalue weighted by atomic mass is 32.1. The Balaban J connectivity index is 2.51. The van der Waals surface area contributed by atoms with E-state index in [9.17, 15) is 4.79 Å². The van der Waals surface area contributed by atoms with Gasteiger partial charge >= 0.3 is 0 Å². The summed E-state index contributed by atoms with van der Waals surface area (Å²) in [5.74, 6) is 0.646. The number of nitrogens with two attached hydrogens (primary N) is 1. The number of hydrogen-bond acceptors (Lipinski definition) is 4. The first-order chi connectivity index (χ1) is 7.63. The zero-order valence-corrected chi connectivity index (χ0v) is 9.80. The van der Waals surface area contributed by atoms with Crippen molar-refractivity contribution in [2.45, 2.75) is 6.42 Å². The molecule has 0 bridgehead atoms. The van der Waals surface area contributed by atoms with Crippen LogP contribution in [0.5, 0.6) is 0 Å². The van der Waals surface area contributed by atoms with Gasteiger partial charge in [-0.2, -0.15) is 0 Å². The minimum atomic E-state index is -0.0157. The topological polar surface area (TPSA) is 80.0 Å². The van der Waals surface area contributed by atoms with Crippen LogP contribution in [0.2, 0.25) is 0 Å². The molecule has 1 aromatic rings. The van der Waals surface area contributed by atoms with Crippen LogP contribution < -0.4 is 16.4 Å². The summed E-state index contributed by atoms with van der Waals surface area (Å²) in [4.78, 5) is 15.4. The summed E-state index contributed by atoms with van der Waals surface area (Å²) in [6.45, 7) is 0.521. The Labute approximate surface area is 99.4 Å². The largest absolute Gasteiger partial charge is 0.388 e. The van der Waals surface area contributed by atoms with Crippen LogP contribution in [0.25, 0.3) is 0 Å². The Morgan fingerprint density at radius 2 is 2.31 bits per heavy atom. The van der Waals surface area contributed by atoms with Gasteiger partial charge in [0.05, 0.1) is 5.69 Å². The molecule has 0 aliphatic rings. The van der Waals surface area contributed by atoms with E-state index >= 15 is 0 Å². The number of aromatic nitrogens is 1. The van der Waals surface area contributed by atoms with Crippen molar-refractivity contribution in [3.8, 4) is 0 Å². The quantitative estimate of drug-likeness (QED) is 0.641. The maximum absolute atomic E-state index is 11.0. The zero-order chi connectivity index (χ0) is 12.0. The van der Waals surface area contributed by atoms with Crippen molar-refractivity contribution in [3.63, 3.8) is 0 Å². The van der Waals surface area contributed by atoms with E-state index in [2.05, 4.69) is 15.6 Å². The van der Waals surface area contributed by atoms with Crippen LogP contribution in [0.4, 0.5) is 5.82 Å². The van der Waals surface area contributed by atoms with Crippen molar-refractivity contribution in [3.05, 3.63) is 23.9 Å². The summed E-state index contributed by atoms with van der Waals surface area (Å²) in [6, 6.07) is 5.35. The maximum atomic E-state index is 11.0. The standard InChI is InChI=1S/C10H14N4OS/c1-12-9(15)5-6-13-8-4-2-3-7(14-8)10(11)16/h2-4H,5-6H2,1H3,(H2,11,16)(H,12,15)(H,13,14). The molecule has 16 heavy (non-hydrogen) atoms. The number of hydrogen-bond donors (Lipinski definition) is 3. The Hall–Kier alpha value is -1.69. The smallest absolute Gasteiger partial charge is 0.221 e. The number of pyridine rings is 1. The fraction of sp³-hybridized carbons (Fsp3) is 0.300. The molecule has 5 nitrogen and oxygen atoms in total. The van der Waals surface area contributed by atoms with Gasteiger partial charge in [0.1, 0.15) is 10.8 Å². The van der Waals surface area contributed by atoms with Gasteiger partial charge in [-0.05, 0) is 12.1 Å². The number of thiocarbonyl (C=S) groups is 1. The minimum absolute atomic E-state index is 0.0157. The van der Waals surface area contributed by atoms with Crippen LogP contribution in [0, 0.1) is 0 Å². The van der Waals surface area contributed by atoms with Crippen LogP contribution in [-0.4, -0.2) is 29.5 Å². The molecule has 1 amide bonds. The fourth-order valence-corrected chi connectivity index (χ4v) is 1.21. The molecule has 6 heteroatoms. The summed E-state index contributed by atoms with van der Waals surface area (Å²) < 4.78 is 0. The Bertz CT molecular complexity index is 394. The number of anilines is 1. The monoisotopic (exact) mass is 238 g/mol. The minimum Gasteiger partial charge on any atom is -0.388 e. The first-order valence-corrected chi connectivity index (χ1v) is 5.25. The molecule has 1 heterocycles. The normalized spacial score (nSPS) is 9.56. The molecule has 0 fully saturated rings. The van der Waals surface area contributed by atoms with E-state index in [1.807, 2.05) is 6.07 Å². The van der Waals surface area contributed by atoms with Gasteiger partial charge in [0.2, 0.25) is 5.91 Å². The van der Waals surface area contributed by atoms with Gasteiger partial charge in [-0.25, -0.2) is 4.98 Å². The molecule has 0 saturated heterocycles. The van der Waals surface area contributed by atoms with E-state index in [1.54, 1.807) is 19.2 Å². The first-order valence-electron chi connectivity index (χ1n) is 4.85. The molecule has 0 aliphatic heterocycles. The number of rotatable bonds is 5. The number of amides is 1. The van der Waals surface area contributed by atoms with E-state index in [-0.39, 0.29) is 10.9 Å². The SMILES string of the molecule is CNC(=O)CCNc1cccc(C(N)=S)n1. The molecule has 86 valence electrons. The molecule has 4 N–H and O–H groups in total. The average Bonchev–Trinajstić information content (AvgIpc) is 2.29. The third-order valence-electron chi connectivity index (χ3n) is 1.94. The van der Waals surface area contributed by atoms with Crippen LogP contribution in [-0.2, 0) is 4.79 Å². The van der Waals surface area contributed by atoms with Gasteiger partial charge in [0, 0.05) is 20.0 Å². The van der Waals surface area contributed by atoms with Gasteiger partial charge in [-0.1, -0.05) is 18.3 Å². The van der Waals surface area contributed by atoms with Crippen molar-refractivity contribution in [1.29, 1.82) is 0 Å². The molecule has 1 aromatic heterocycles. The molecule has 0 aliphatic carbocycles. The van der Waals surface area contributed by atoms with E-state index in [0.29, 0.717) is 24.5 Å². The van der Waals surface area contributed by atoms with Crippen LogP contribution in [0.3, 0.4) is 0 Å². The molecule has 0 atom stereocenters. The second-order valence-electron chi connectivity index (χ2n) is 3.12. The molecular formula is C10H14N4OS. The zero-order valence-electron chi connectivity index (χ0n) is 8.99. The van der Waals surface area contributed by atoms with Gasteiger partial charge in [0.25, 0.3) is 0 Å². The summed E-state index contributed by atoms with van der Waals surface area (Å²) in [6.07, 6.45) is 0.398. The number of carbonyl (C=O) groups excluding carboxylic acids is 1. The molecule has 1 rings (SSSR count). The molecule has 0 saturated carbocycles.